The van der Waals surface area contributed by atoms with E-state index in [1.807, 2.05) is 25.1 Å². The molecule has 2 fully saturated rings. The molecule has 0 spiro atoms. The van der Waals surface area contributed by atoms with Crippen molar-refractivity contribution in [3.05, 3.63) is 35.9 Å². The lowest BCUT2D eigenvalue weighted by Gasteiger charge is -2.35. The molecule has 0 bridgehead atoms. The van der Waals surface area contributed by atoms with Gasteiger partial charge in [-0.25, -0.2) is 8.78 Å². The average molecular weight is 489 g/mol. The number of ether oxygens (including phenoxy) is 1. The first kappa shape index (κ1) is 34.3. The lowest BCUT2D eigenvalue weighted by atomic mass is 9.88. The fourth-order valence-corrected chi connectivity index (χ4v) is 3.98. The lowest BCUT2D eigenvalue weighted by molar-refractivity contribution is -0.155. The van der Waals surface area contributed by atoms with Crippen LogP contribution < -0.4 is 5.32 Å². The first-order valence-corrected chi connectivity index (χ1v) is 10.9. The Kier molecular flexibility index (Phi) is 16.0. The summed E-state index contributed by atoms with van der Waals surface area (Å²) in [5.41, 5.74) is 1.19. The van der Waals surface area contributed by atoms with Gasteiger partial charge in [0.05, 0.1) is 19.1 Å². The van der Waals surface area contributed by atoms with Gasteiger partial charge in [0.15, 0.2) is 5.78 Å². The first-order valence-electron chi connectivity index (χ1n) is 10.9. The Morgan fingerprint density at radius 3 is 2.29 bits per heavy atom. The molecule has 198 valence electrons. The van der Waals surface area contributed by atoms with Crippen molar-refractivity contribution in [3.63, 3.8) is 0 Å². The van der Waals surface area contributed by atoms with Crippen molar-refractivity contribution in [1.29, 1.82) is 0 Å². The van der Waals surface area contributed by atoms with Crippen molar-refractivity contribution in [3.8, 4) is 0 Å². The third-order valence-corrected chi connectivity index (χ3v) is 5.89. The Bertz CT molecular complexity index is 718. The number of piperidine rings is 2. The quantitative estimate of drug-likeness (QED) is 0.476. The summed E-state index contributed by atoms with van der Waals surface area (Å²) in [7, 11) is 0. The molecule has 1 aromatic rings. The molecule has 2 aliphatic rings. The van der Waals surface area contributed by atoms with Crippen LogP contribution in [0.2, 0.25) is 0 Å². The zero-order chi connectivity index (χ0) is 23.0. The van der Waals surface area contributed by atoms with E-state index in [0.29, 0.717) is 26.2 Å². The Hall–Kier alpha value is -1.90. The van der Waals surface area contributed by atoms with Crippen molar-refractivity contribution < 1.29 is 28.2 Å². The number of nitrogens with zero attached hydrogens (tertiary/aromatic N) is 1. The summed E-state index contributed by atoms with van der Waals surface area (Å²) in [4.78, 5) is 26.2. The van der Waals surface area contributed by atoms with E-state index in [1.54, 1.807) is 6.92 Å². The normalized spacial score (nSPS) is 25.9. The summed E-state index contributed by atoms with van der Waals surface area (Å²) in [5, 5.41) is 11.5. The number of likely N-dealkylation sites (tertiary alicyclic amines) is 1. The van der Waals surface area contributed by atoms with Crippen LogP contribution in [0.25, 0.3) is 0 Å². The van der Waals surface area contributed by atoms with E-state index in [9.17, 15) is 18.4 Å². The fraction of sp³-hybridized carbons (Fsp3) is 0.692. The van der Waals surface area contributed by atoms with Crippen LogP contribution in [-0.4, -0.2) is 67.1 Å². The minimum absolute atomic E-state index is 0. The first-order chi connectivity index (χ1) is 14.7. The monoisotopic (exact) mass is 488 g/mol. The van der Waals surface area contributed by atoms with Crippen LogP contribution in [-0.2, 0) is 20.9 Å². The van der Waals surface area contributed by atoms with Gasteiger partial charge in [0.25, 0.3) is 5.92 Å². The molecule has 0 saturated carbocycles. The highest BCUT2D eigenvalue weighted by Crippen LogP contribution is 2.34. The number of carbonyl (C=O) groups is 2. The molecule has 0 aromatic heterocycles. The Morgan fingerprint density at radius 1 is 1.15 bits per heavy atom. The third-order valence-electron chi connectivity index (χ3n) is 5.89. The molecule has 2 aliphatic heterocycles. The van der Waals surface area contributed by atoms with Crippen molar-refractivity contribution >= 4 is 11.8 Å². The van der Waals surface area contributed by atoms with Crippen LogP contribution in [0.4, 0.5) is 8.78 Å². The van der Waals surface area contributed by atoms with Gasteiger partial charge in [-0.3, -0.25) is 14.5 Å². The molecule has 0 radical (unpaired) electrons. The van der Waals surface area contributed by atoms with Gasteiger partial charge < -0.3 is 15.2 Å². The topological polar surface area (TPSA) is 78.9 Å². The summed E-state index contributed by atoms with van der Waals surface area (Å²) < 4.78 is 31.1. The maximum absolute atomic E-state index is 13.1. The van der Waals surface area contributed by atoms with E-state index in [1.165, 1.54) is 12.5 Å². The number of hydrogen-bond donors (Lipinski definition) is 2. The van der Waals surface area contributed by atoms with Crippen molar-refractivity contribution in [1.82, 2.24) is 10.2 Å². The summed E-state index contributed by atoms with van der Waals surface area (Å²) >= 11 is 0. The molecular formula is C26H46F2N2O4. The highest BCUT2D eigenvalue weighted by Gasteiger charge is 2.46. The number of ketones is 1. The lowest BCUT2D eigenvalue weighted by Crippen LogP contribution is -2.51. The van der Waals surface area contributed by atoms with Crippen molar-refractivity contribution in [2.45, 2.75) is 55.5 Å². The molecule has 2 N–H and O–H groups in total. The maximum Gasteiger partial charge on any atom is 0.317 e. The van der Waals surface area contributed by atoms with E-state index < -0.39 is 30.3 Å². The Balaban J connectivity index is 0. The predicted octanol–water partition coefficient (Wildman–Crippen LogP) is 4.26. The van der Waals surface area contributed by atoms with Crippen molar-refractivity contribution in [2.75, 3.05) is 39.4 Å². The Morgan fingerprint density at radius 2 is 1.76 bits per heavy atom. The molecule has 0 amide bonds. The average Bonchev–Trinajstić information content (AvgIpc) is 2.74. The smallest absolute Gasteiger partial charge is 0.317 e. The van der Waals surface area contributed by atoms with Crippen LogP contribution in [0.15, 0.2) is 30.3 Å². The summed E-state index contributed by atoms with van der Waals surface area (Å²) in [6, 6.07) is 10.1. The Labute approximate surface area is 205 Å². The zero-order valence-electron chi connectivity index (χ0n) is 18.5. The van der Waals surface area contributed by atoms with Gasteiger partial charge >= 0.3 is 5.97 Å². The number of esters is 1. The SMILES string of the molecule is C.C.C.CC1CNCC(CO)C1(F)F.CCOC(=O)C1CN(Cc2ccccc2)CC(C)C1=O. The molecule has 2 heterocycles. The molecule has 6 nitrogen and oxygen atoms in total. The number of nitrogens with one attached hydrogen (secondary N) is 1. The van der Waals surface area contributed by atoms with Gasteiger partial charge in [-0.2, -0.15) is 0 Å². The number of benzene rings is 1. The van der Waals surface area contributed by atoms with Gasteiger partial charge in [-0.1, -0.05) is 66.5 Å². The van der Waals surface area contributed by atoms with Crippen molar-refractivity contribution in [2.24, 2.45) is 23.7 Å². The van der Waals surface area contributed by atoms with Gasteiger partial charge in [0.1, 0.15) is 5.92 Å². The number of halogens is 2. The minimum Gasteiger partial charge on any atom is -0.465 e. The molecule has 3 rings (SSSR count). The van der Waals surface area contributed by atoms with Crippen LogP contribution in [0, 0.1) is 23.7 Å². The summed E-state index contributed by atoms with van der Waals surface area (Å²) in [5.74, 6) is -5.43. The zero-order valence-corrected chi connectivity index (χ0v) is 18.5. The van der Waals surface area contributed by atoms with E-state index >= 15 is 0 Å². The van der Waals surface area contributed by atoms with Crippen LogP contribution in [0.3, 0.4) is 0 Å². The van der Waals surface area contributed by atoms with E-state index in [2.05, 4.69) is 22.3 Å². The van der Waals surface area contributed by atoms with Crippen LogP contribution in [0.1, 0.15) is 48.6 Å². The molecule has 4 atom stereocenters. The molecule has 0 aliphatic carbocycles. The second kappa shape index (κ2) is 15.9. The third kappa shape index (κ3) is 9.04. The van der Waals surface area contributed by atoms with Crippen LogP contribution in [0.5, 0.6) is 0 Å². The number of aliphatic hydroxyl groups excluding tert-OH is 1. The molecule has 1 aromatic carbocycles. The number of alkyl halides is 2. The standard InChI is InChI=1S/C16H21NO3.C7H13F2NO.3CH4/c1-3-20-16(19)14-11-17(9-12(2)15(14)18)10-13-7-5-4-6-8-13;1-5-2-10-3-6(4-11)7(5,8)9;;;/h4-8,12,14H,3,9-11H2,1-2H3;5-6,10-11H,2-4H2,1H3;3*1H4. The maximum atomic E-state index is 13.1. The largest absolute Gasteiger partial charge is 0.465 e. The predicted molar refractivity (Wildman–Crippen MR) is 134 cm³/mol. The molecule has 8 heteroatoms. The highest BCUT2D eigenvalue weighted by molar-refractivity contribution is 6.00. The second-order valence-corrected chi connectivity index (χ2v) is 8.40. The number of aliphatic hydroxyl groups is 1. The molecule has 4 unspecified atom stereocenters. The minimum atomic E-state index is -2.71. The van der Waals surface area contributed by atoms with E-state index in [0.717, 1.165) is 6.54 Å². The second-order valence-electron chi connectivity index (χ2n) is 8.40. The summed E-state index contributed by atoms with van der Waals surface area (Å²) in [6.45, 7) is 7.48. The van der Waals surface area contributed by atoms with Gasteiger partial charge in [-0.05, 0) is 12.5 Å². The van der Waals surface area contributed by atoms with Gasteiger partial charge in [-0.15, -0.1) is 0 Å². The fourth-order valence-electron chi connectivity index (χ4n) is 3.98. The number of Topliss-reactive ketones (excluding diaryl/α,β-unsaturated/α-hetero) is 1. The van der Waals surface area contributed by atoms with Crippen LogP contribution >= 0.6 is 0 Å². The van der Waals surface area contributed by atoms with E-state index in [4.69, 9.17) is 9.84 Å². The number of carbonyl (C=O) groups excluding carboxylic acids is 2. The number of hydrogen-bond acceptors (Lipinski definition) is 6. The van der Waals surface area contributed by atoms with E-state index in [-0.39, 0.29) is 46.5 Å². The highest BCUT2D eigenvalue weighted by atomic mass is 19.3. The molecule has 2 saturated heterocycles. The molecular weight excluding hydrogens is 442 g/mol. The van der Waals surface area contributed by atoms with Gasteiger partial charge in [0.2, 0.25) is 0 Å². The number of rotatable bonds is 5. The van der Waals surface area contributed by atoms with Gasteiger partial charge in [0, 0.05) is 44.6 Å². The summed E-state index contributed by atoms with van der Waals surface area (Å²) in [6.07, 6.45) is 0. The molecule has 34 heavy (non-hydrogen) atoms.